The highest BCUT2D eigenvalue weighted by Gasteiger charge is 2.25. The average Bonchev–Trinajstić information content (AvgIpc) is 3.06. The molecule has 0 aliphatic carbocycles. The van der Waals surface area contributed by atoms with Gasteiger partial charge in [0.15, 0.2) is 5.82 Å². The van der Waals surface area contributed by atoms with E-state index in [9.17, 15) is 9.90 Å². The summed E-state index contributed by atoms with van der Waals surface area (Å²) in [5.41, 5.74) is 3.32. The Morgan fingerprint density at radius 3 is 2.84 bits per heavy atom. The lowest BCUT2D eigenvalue weighted by Gasteiger charge is -2.29. The molecule has 1 amide bonds. The van der Waals surface area contributed by atoms with Crippen LogP contribution in [0.15, 0.2) is 47.0 Å². The molecule has 0 bridgehead atoms. The van der Waals surface area contributed by atoms with E-state index >= 15 is 0 Å². The van der Waals surface area contributed by atoms with E-state index in [1.54, 1.807) is 30.0 Å². The van der Waals surface area contributed by atoms with Crippen molar-refractivity contribution in [2.45, 2.75) is 19.9 Å². The highest BCUT2D eigenvalue weighted by atomic mass is 16.5. The van der Waals surface area contributed by atoms with Gasteiger partial charge < -0.3 is 14.5 Å². The number of rotatable bonds is 2. The molecule has 2 heterocycles. The fourth-order valence-corrected chi connectivity index (χ4v) is 3.15. The Labute approximate surface area is 144 Å². The minimum Gasteiger partial charge on any atom is -0.508 e. The Morgan fingerprint density at radius 1 is 1.20 bits per heavy atom. The number of benzene rings is 2. The molecule has 1 aliphatic heterocycles. The van der Waals surface area contributed by atoms with Crippen LogP contribution in [-0.2, 0) is 13.0 Å². The molecule has 0 atom stereocenters. The predicted molar refractivity (Wildman–Crippen MR) is 91.0 cm³/mol. The van der Waals surface area contributed by atoms with E-state index < -0.39 is 0 Å². The van der Waals surface area contributed by atoms with Crippen molar-refractivity contribution in [2.24, 2.45) is 0 Å². The molecule has 3 aromatic rings. The third-order valence-electron chi connectivity index (χ3n) is 4.40. The quantitative estimate of drug-likeness (QED) is 0.779. The summed E-state index contributed by atoms with van der Waals surface area (Å²) in [5, 5.41) is 13.5. The van der Waals surface area contributed by atoms with Crippen LogP contribution in [0, 0.1) is 6.92 Å². The number of nitrogens with zero attached hydrogens (tertiary/aromatic N) is 3. The maximum atomic E-state index is 13.1. The maximum Gasteiger partial charge on any atom is 0.258 e. The molecule has 0 fully saturated rings. The molecule has 2 aromatic carbocycles. The normalized spacial score (nSPS) is 13.6. The number of hydrogen-bond donors (Lipinski definition) is 1. The average molecular weight is 335 g/mol. The molecule has 6 nitrogen and oxygen atoms in total. The number of hydrogen-bond acceptors (Lipinski definition) is 5. The van der Waals surface area contributed by atoms with Crippen LogP contribution in [0.3, 0.4) is 0 Å². The van der Waals surface area contributed by atoms with Crippen LogP contribution >= 0.6 is 0 Å². The molecule has 0 spiro atoms. The standard InChI is InChI=1S/C19H17N3O3/c1-12-20-18(25-21-12)16-4-2-3-5-17(16)19(24)22-9-8-13-6-7-15(23)10-14(13)11-22/h2-7,10,23H,8-9,11H2,1H3. The fraction of sp³-hybridized carbons (Fsp3) is 0.211. The van der Waals surface area contributed by atoms with Gasteiger partial charge >= 0.3 is 0 Å². The SMILES string of the molecule is Cc1noc(-c2ccccc2C(=O)N2CCc3ccc(O)cc3C2)n1. The van der Waals surface area contributed by atoms with Crippen LogP contribution in [0.1, 0.15) is 27.3 Å². The summed E-state index contributed by atoms with van der Waals surface area (Å²) in [5.74, 6) is 1.01. The smallest absolute Gasteiger partial charge is 0.258 e. The van der Waals surface area contributed by atoms with Gasteiger partial charge in [0.1, 0.15) is 5.75 Å². The van der Waals surface area contributed by atoms with Crippen LogP contribution in [0.5, 0.6) is 5.75 Å². The van der Waals surface area contributed by atoms with Crippen LogP contribution in [0.25, 0.3) is 11.5 Å². The first-order valence-electron chi connectivity index (χ1n) is 8.11. The Kier molecular flexibility index (Phi) is 3.72. The second-order valence-electron chi connectivity index (χ2n) is 6.12. The second-order valence-corrected chi connectivity index (χ2v) is 6.12. The number of amides is 1. The number of aryl methyl sites for hydroxylation is 1. The van der Waals surface area contributed by atoms with Gasteiger partial charge in [-0.25, -0.2) is 0 Å². The molecule has 4 rings (SSSR count). The van der Waals surface area contributed by atoms with Crippen molar-refractivity contribution < 1.29 is 14.4 Å². The third kappa shape index (κ3) is 2.87. The molecule has 1 aliphatic rings. The van der Waals surface area contributed by atoms with E-state index in [2.05, 4.69) is 10.1 Å². The van der Waals surface area contributed by atoms with Crippen molar-refractivity contribution in [1.82, 2.24) is 15.0 Å². The highest BCUT2D eigenvalue weighted by molar-refractivity contribution is 6.00. The zero-order chi connectivity index (χ0) is 17.4. The molecule has 0 saturated heterocycles. The summed E-state index contributed by atoms with van der Waals surface area (Å²) >= 11 is 0. The second kappa shape index (κ2) is 6.05. The minimum atomic E-state index is -0.0829. The molecule has 1 aromatic heterocycles. The van der Waals surface area contributed by atoms with E-state index in [0.717, 1.165) is 12.0 Å². The van der Waals surface area contributed by atoms with E-state index in [0.29, 0.717) is 35.9 Å². The Hall–Kier alpha value is -3.15. The lowest BCUT2D eigenvalue weighted by atomic mass is 9.98. The summed E-state index contributed by atoms with van der Waals surface area (Å²) in [6.07, 6.45) is 0.767. The number of phenolic OH excluding ortho intramolecular Hbond substituents is 1. The van der Waals surface area contributed by atoms with Gasteiger partial charge in [0, 0.05) is 13.1 Å². The number of carbonyl (C=O) groups is 1. The van der Waals surface area contributed by atoms with Crippen LogP contribution in [-0.4, -0.2) is 32.6 Å². The molecule has 0 saturated carbocycles. The molecule has 0 unspecified atom stereocenters. The summed E-state index contributed by atoms with van der Waals surface area (Å²) in [4.78, 5) is 19.1. The summed E-state index contributed by atoms with van der Waals surface area (Å²) < 4.78 is 5.24. The molecular weight excluding hydrogens is 318 g/mol. The van der Waals surface area contributed by atoms with Gasteiger partial charge in [-0.05, 0) is 48.7 Å². The van der Waals surface area contributed by atoms with Gasteiger partial charge in [-0.2, -0.15) is 4.98 Å². The molecule has 1 N–H and O–H groups in total. The van der Waals surface area contributed by atoms with E-state index in [4.69, 9.17) is 4.52 Å². The summed E-state index contributed by atoms with van der Waals surface area (Å²) in [7, 11) is 0. The van der Waals surface area contributed by atoms with Crippen LogP contribution in [0.2, 0.25) is 0 Å². The molecular formula is C19H17N3O3. The zero-order valence-electron chi connectivity index (χ0n) is 13.8. The monoisotopic (exact) mass is 335 g/mol. The van der Waals surface area contributed by atoms with Gasteiger partial charge in [0.05, 0.1) is 11.1 Å². The Bertz CT molecular complexity index is 949. The Morgan fingerprint density at radius 2 is 2.04 bits per heavy atom. The van der Waals surface area contributed by atoms with Gasteiger partial charge in [0.2, 0.25) is 0 Å². The largest absolute Gasteiger partial charge is 0.508 e. The number of aromatic nitrogens is 2. The Balaban J connectivity index is 1.66. The first kappa shape index (κ1) is 15.4. The first-order chi connectivity index (χ1) is 12.1. The molecule has 6 heteroatoms. The van der Waals surface area contributed by atoms with Gasteiger partial charge in [0.25, 0.3) is 11.8 Å². The van der Waals surface area contributed by atoms with Gasteiger partial charge in [-0.1, -0.05) is 23.4 Å². The summed E-state index contributed by atoms with van der Waals surface area (Å²) in [6, 6.07) is 12.6. The van der Waals surface area contributed by atoms with Crippen molar-refractivity contribution >= 4 is 5.91 Å². The van der Waals surface area contributed by atoms with Crippen molar-refractivity contribution in [3.63, 3.8) is 0 Å². The van der Waals surface area contributed by atoms with Crippen LogP contribution in [0.4, 0.5) is 0 Å². The zero-order valence-corrected chi connectivity index (χ0v) is 13.8. The lowest BCUT2D eigenvalue weighted by Crippen LogP contribution is -2.36. The predicted octanol–water partition coefficient (Wildman–Crippen LogP) is 2.95. The lowest BCUT2D eigenvalue weighted by molar-refractivity contribution is 0.0735. The topological polar surface area (TPSA) is 79.5 Å². The van der Waals surface area contributed by atoms with Crippen LogP contribution < -0.4 is 0 Å². The van der Waals surface area contributed by atoms with E-state index in [1.165, 1.54) is 5.56 Å². The number of carbonyl (C=O) groups excluding carboxylic acids is 1. The van der Waals surface area contributed by atoms with Gasteiger partial charge in [-0.15, -0.1) is 0 Å². The minimum absolute atomic E-state index is 0.0829. The molecule has 126 valence electrons. The van der Waals surface area contributed by atoms with Gasteiger partial charge in [-0.3, -0.25) is 4.79 Å². The first-order valence-corrected chi connectivity index (χ1v) is 8.11. The van der Waals surface area contributed by atoms with Crippen molar-refractivity contribution in [3.8, 4) is 17.2 Å². The fourth-order valence-electron chi connectivity index (χ4n) is 3.15. The molecule has 25 heavy (non-hydrogen) atoms. The van der Waals surface area contributed by atoms with Crippen molar-refractivity contribution in [3.05, 3.63) is 65.0 Å². The number of fused-ring (bicyclic) bond motifs is 1. The maximum absolute atomic E-state index is 13.1. The number of phenols is 1. The number of aromatic hydroxyl groups is 1. The molecule has 0 radical (unpaired) electrons. The third-order valence-corrected chi connectivity index (χ3v) is 4.40. The highest BCUT2D eigenvalue weighted by Crippen LogP contribution is 2.27. The van der Waals surface area contributed by atoms with E-state index in [-0.39, 0.29) is 11.7 Å². The summed E-state index contributed by atoms with van der Waals surface area (Å²) in [6.45, 7) is 2.85. The van der Waals surface area contributed by atoms with E-state index in [1.807, 2.05) is 24.3 Å². The van der Waals surface area contributed by atoms with Crippen molar-refractivity contribution in [1.29, 1.82) is 0 Å². The van der Waals surface area contributed by atoms with Crippen molar-refractivity contribution in [2.75, 3.05) is 6.54 Å².